The van der Waals surface area contributed by atoms with Crippen molar-refractivity contribution in [3.8, 4) is 6.07 Å². The Hall–Kier alpha value is -1.08. The fourth-order valence-corrected chi connectivity index (χ4v) is 1.73. The highest BCUT2D eigenvalue weighted by molar-refractivity contribution is 5.73. The van der Waals surface area contributed by atoms with Gasteiger partial charge in [-0.05, 0) is 19.4 Å². The average molecular weight is 182 g/mol. The molecule has 0 spiro atoms. The number of hydrogen-bond acceptors (Lipinski definition) is 3. The molecule has 4 nitrogen and oxygen atoms in total. The molecule has 4 heteroatoms. The Bertz CT molecular complexity index is 222. The third-order valence-electron chi connectivity index (χ3n) is 2.41. The Labute approximate surface area is 77.8 Å². The van der Waals surface area contributed by atoms with Gasteiger partial charge < -0.3 is 5.11 Å². The summed E-state index contributed by atoms with van der Waals surface area (Å²) in [6.45, 7) is 1.41. The van der Waals surface area contributed by atoms with Crippen molar-refractivity contribution >= 4 is 5.97 Å². The summed E-state index contributed by atoms with van der Waals surface area (Å²) < 4.78 is 0. The number of carbonyl (C=O) groups is 1. The third kappa shape index (κ3) is 2.71. The van der Waals surface area contributed by atoms with E-state index in [0.717, 1.165) is 25.8 Å². The molecule has 0 radical (unpaired) electrons. The van der Waals surface area contributed by atoms with Crippen LogP contribution in [-0.4, -0.2) is 35.1 Å². The predicted octanol–water partition coefficient (Wildman–Crippen LogP) is 0.839. The van der Waals surface area contributed by atoms with Crippen LogP contribution in [0.2, 0.25) is 0 Å². The van der Waals surface area contributed by atoms with E-state index in [1.807, 2.05) is 11.0 Å². The molecule has 1 aliphatic rings. The molecular weight excluding hydrogens is 168 g/mol. The van der Waals surface area contributed by atoms with Crippen LogP contribution in [0, 0.1) is 11.3 Å². The van der Waals surface area contributed by atoms with Crippen molar-refractivity contribution in [2.75, 3.05) is 13.1 Å². The number of hydrogen-bond donors (Lipinski definition) is 1. The molecule has 1 unspecified atom stereocenters. The number of nitrogens with zero attached hydrogens (tertiary/aromatic N) is 2. The van der Waals surface area contributed by atoms with Crippen molar-refractivity contribution < 1.29 is 9.90 Å². The van der Waals surface area contributed by atoms with Crippen LogP contribution in [0.5, 0.6) is 0 Å². The van der Waals surface area contributed by atoms with Gasteiger partial charge in [0.25, 0.3) is 0 Å². The van der Waals surface area contributed by atoms with Crippen molar-refractivity contribution in [1.29, 1.82) is 5.26 Å². The second-order valence-electron chi connectivity index (χ2n) is 3.29. The van der Waals surface area contributed by atoms with Crippen LogP contribution in [0.3, 0.4) is 0 Å². The zero-order valence-corrected chi connectivity index (χ0v) is 7.57. The van der Waals surface area contributed by atoms with Gasteiger partial charge in [0, 0.05) is 13.0 Å². The smallest absolute Gasteiger partial charge is 0.320 e. The van der Waals surface area contributed by atoms with E-state index >= 15 is 0 Å². The van der Waals surface area contributed by atoms with E-state index in [1.165, 1.54) is 0 Å². The molecule has 0 aromatic rings. The topological polar surface area (TPSA) is 64.3 Å². The normalized spacial score (nSPS) is 23.8. The van der Waals surface area contributed by atoms with Crippen LogP contribution in [0.25, 0.3) is 0 Å². The van der Waals surface area contributed by atoms with E-state index in [2.05, 4.69) is 0 Å². The first-order valence-corrected chi connectivity index (χ1v) is 4.59. The summed E-state index contributed by atoms with van der Waals surface area (Å²) in [4.78, 5) is 12.7. The van der Waals surface area contributed by atoms with E-state index in [4.69, 9.17) is 10.4 Å². The molecule has 1 N–H and O–H groups in total. The highest BCUT2D eigenvalue weighted by Gasteiger charge is 2.27. The maximum atomic E-state index is 10.8. The molecule has 0 amide bonds. The van der Waals surface area contributed by atoms with Crippen LogP contribution >= 0.6 is 0 Å². The number of piperidine rings is 1. The van der Waals surface area contributed by atoms with Gasteiger partial charge in [0.05, 0.1) is 6.07 Å². The molecule has 0 aromatic heterocycles. The molecule has 1 atom stereocenters. The molecule has 1 heterocycles. The lowest BCUT2D eigenvalue weighted by molar-refractivity contribution is -0.144. The third-order valence-corrected chi connectivity index (χ3v) is 2.41. The van der Waals surface area contributed by atoms with Gasteiger partial charge in [0.15, 0.2) is 0 Å². The van der Waals surface area contributed by atoms with E-state index in [-0.39, 0.29) is 6.04 Å². The number of carboxylic acid groups (broad SMARTS) is 1. The van der Waals surface area contributed by atoms with Gasteiger partial charge >= 0.3 is 5.97 Å². The molecule has 1 saturated heterocycles. The summed E-state index contributed by atoms with van der Waals surface area (Å²) in [6.07, 6.45) is 3.18. The molecule has 1 fully saturated rings. The van der Waals surface area contributed by atoms with Gasteiger partial charge in [-0.3, -0.25) is 9.69 Å². The van der Waals surface area contributed by atoms with Crippen molar-refractivity contribution in [3.63, 3.8) is 0 Å². The Morgan fingerprint density at radius 1 is 1.62 bits per heavy atom. The minimum absolute atomic E-state index is 0.359. The molecule has 0 aromatic carbocycles. The molecule has 1 aliphatic heterocycles. The van der Waals surface area contributed by atoms with Gasteiger partial charge in [-0.2, -0.15) is 5.26 Å². The largest absolute Gasteiger partial charge is 0.480 e. The highest BCUT2D eigenvalue weighted by Crippen LogP contribution is 2.16. The van der Waals surface area contributed by atoms with Crippen LogP contribution in [0.4, 0.5) is 0 Å². The second kappa shape index (κ2) is 4.83. The summed E-state index contributed by atoms with van der Waals surface area (Å²) in [5.41, 5.74) is 0. The Morgan fingerprint density at radius 2 is 2.38 bits per heavy atom. The molecule has 0 aliphatic carbocycles. The van der Waals surface area contributed by atoms with Gasteiger partial charge in [-0.15, -0.1) is 0 Å². The Balaban J connectivity index is 2.47. The number of nitriles is 1. The Morgan fingerprint density at radius 3 is 3.00 bits per heavy atom. The van der Waals surface area contributed by atoms with Gasteiger partial charge in [-0.25, -0.2) is 0 Å². The second-order valence-corrected chi connectivity index (χ2v) is 3.29. The number of carboxylic acids is 1. The van der Waals surface area contributed by atoms with E-state index < -0.39 is 5.97 Å². The predicted molar refractivity (Wildman–Crippen MR) is 47.1 cm³/mol. The lowest BCUT2D eigenvalue weighted by Crippen LogP contribution is -2.44. The van der Waals surface area contributed by atoms with Gasteiger partial charge in [0.1, 0.15) is 6.04 Å². The quantitative estimate of drug-likeness (QED) is 0.702. The monoisotopic (exact) mass is 182 g/mol. The van der Waals surface area contributed by atoms with E-state index in [1.54, 1.807) is 0 Å². The summed E-state index contributed by atoms with van der Waals surface area (Å²) in [5.74, 6) is -0.752. The van der Waals surface area contributed by atoms with Crippen LogP contribution in [-0.2, 0) is 4.79 Å². The first-order chi connectivity index (χ1) is 6.25. The molecule has 13 heavy (non-hydrogen) atoms. The van der Waals surface area contributed by atoms with Crippen LogP contribution in [0.1, 0.15) is 25.7 Å². The minimum Gasteiger partial charge on any atom is -0.480 e. The molecule has 72 valence electrons. The van der Waals surface area contributed by atoms with Gasteiger partial charge in [0.2, 0.25) is 0 Å². The maximum Gasteiger partial charge on any atom is 0.320 e. The van der Waals surface area contributed by atoms with Crippen molar-refractivity contribution in [2.24, 2.45) is 0 Å². The van der Waals surface area contributed by atoms with Crippen molar-refractivity contribution in [3.05, 3.63) is 0 Å². The van der Waals surface area contributed by atoms with Crippen LogP contribution < -0.4 is 0 Å². The van der Waals surface area contributed by atoms with Crippen molar-refractivity contribution in [1.82, 2.24) is 4.90 Å². The number of rotatable bonds is 3. The van der Waals surface area contributed by atoms with Gasteiger partial charge in [-0.1, -0.05) is 6.42 Å². The standard InChI is InChI=1S/C9H14N2O2/c10-5-3-7-11-6-2-1-4-8(11)9(12)13/h8H,1-4,6-7H2,(H,12,13). The number of aliphatic carboxylic acids is 1. The fourth-order valence-electron chi connectivity index (χ4n) is 1.73. The van der Waals surface area contributed by atoms with Crippen LogP contribution in [0.15, 0.2) is 0 Å². The zero-order valence-electron chi connectivity index (χ0n) is 7.57. The lowest BCUT2D eigenvalue weighted by atomic mass is 10.0. The van der Waals surface area contributed by atoms with Crippen molar-refractivity contribution in [2.45, 2.75) is 31.7 Å². The summed E-state index contributed by atoms with van der Waals surface area (Å²) in [6, 6.07) is 1.68. The first-order valence-electron chi connectivity index (χ1n) is 4.59. The molecule has 0 saturated carbocycles. The molecule has 1 rings (SSSR count). The van der Waals surface area contributed by atoms with E-state index in [0.29, 0.717) is 13.0 Å². The maximum absolute atomic E-state index is 10.8. The summed E-state index contributed by atoms with van der Waals surface area (Å²) in [5, 5.41) is 17.3. The highest BCUT2D eigenvalue weighted by atomic mass is 16.4. The zero-order chi connectivity index (χ0) is 9.68. The fraction of sp³-hybridized carbons (Fsp3) is 0.778. The number of likely N-dealkylation sites (tertiary alicyclic amines) is 1. The summed E-state index contributed by atoms with van der Waals surface area (Å²) >= 11 is 0. The Kier molecular flexibility index (Phi) is 3.71. The SMILES string of the molecule is N#CCCN1CCCCC1C(=O)O. The minimum atomic E-state index is -0.752. The molecular formula is C9H14N2O2. The van der Waals surface area contributed by atoms with E-state index in [9.17, 15) is 4.79 Å². The lowest BCUT2D eigenvalue weighted by Gasteiger charge is -2.31. The first kappa shape index (κ1) is 10.0. The average Bonchev–Trinajstić information content (AvgIpc) is 2.15. The molecule has 0 bridgehead atoms. The summed E-state index contributed by atoms with van der Waals surface area (Å²) in [7, 11) is 0.